The molecule has 1 aliphatic rings. The van der Waals surface area contributed by atoms with Crippen LogP contribution in [0.3, 0.4) is 0 Å². The number of anilines is 1. The van der Waals surface area contributed by atoms with Gasteiger partial charge in [0.05, 0.1) is 5.69 Å². The van der Waals surface area contributed by atoms with E-state index in [9.17, 15) is 4.79 Å². The zero-order valence-electron chi connectivity index (χ0n) is 6.33. The van der Waals surface area contributed by atoms with Gasteiger partial charge in [0.25, 0.3) is 0 Å². The summed E-state index contributed by atoms with van der Waals surface area (Å²) in [5.41, 5.74) is 6.42. The van der Waals surface area contributed by atoms with Crippen LogP contribution in [0.1, 0.15) is 10.4 Å². The van der Waals surface area contributed by atoms with Gasteiger partial charge < -0.3 is 15.8 Å². The molecule has 0 atom stereocenters. The Morgan fingerprint density at radius 2 is 2.42 bits per heavy atom. The molecule has 0 unspecified atom stereocenters. The number of rotatable bonds is 1. The van der Waals surface area contributed by atoms with E-state index in [0.29, 0.717) is 12.3 Å². The molecule has 0 saturated heterocycles. The fourth-order valence-electron chi connectivity index (χ4n) is 1.14. The van der Waals surface area contributed by atoms with E-state index in [-0.39, 0.29) is 0 Å². The first-order valence-corrected chi connectivity index (χ1v) is 3.58. The molecular formula is C8H8N2O2. The summed E-state index contributed by atoms with van der Waals surface area (Å²) in [5, 5.41) is 2.97. The van der Waals surface area contributed by atoms with Crippen molar-refractivity contribution in [2.75, 3.05) is 12.0 Å². The highest BCUT2D eigenvalue weighted by Gasteiger charge is 2.12. The zero-order valence-corrected chi connectivity index (χ0v) is 6.33. The molecule has 1 heterocycles. The minimum atomic E-state index is -0.425. The van der Waals surface area contributed by atoms with Crippen molar-refractivity contribution < 1.29 is 9.53 Å². The zero-order chi connectivity index (χ0) is 8.55. The Labute approximate surface area is 69.3 Å². The van der Waals surface area contributed by atoms with Crippen LogP contribution < -0.4 is 15.8 Å². The predicted octanol–water partition coefficient (Wildman–Crippen LogP) is 0.547. The Kier molecular flexibility index (Phi) is 1.40. The summed E-state index contributed by atoms with van der Waals surface area (Å²) in [6.45, 7) is 0.456. The van der Waals surface area contributed by atoms with Gasteiger partial charge in [-0.25, -0.2) is 0 Å². The summed E-state index contributed by atoms with van der Waals surface area (Å²) < 4.78 is 5.17. The average molecular weight is 164 g/mol. The molecule has 4 nitrogen and oxygen atoms in total. The first-order valence-electron chi connectivity index (χ1n) is 3.58. The number of carbonyl (C=O) groups is 1. The number of amides is 1. The lowest BCUT2D eigenvalue weighted by Gasteiger charge is -1.98. The number of hydrogen-bond acceptors (Lipinski definition) is 3. The quantitative estimate of drug-likeness (QED) is 0.637. The summed E-state index contributed by atoms with van der Waals surface area (Å²) >= 11 is 0. The van der Waals surface area contributed by atoms with Crippen molar-refractivity contribution in [2.24, 2.45) is 5.73 Å². The maximum absolute atomic E-state index is 10.8. The highest BCUT2D eigenvalue weighted by atomic mass is 16.5. The second-order valence-electron chi connectivity index (χ2n) is 2.54. The van der Waals surface area contributed by atoms with Crippen LogP contribution in [0.25, 0.3) is 0 Å². The Hall–Kier alpha value is -1.71. The second kappa shape index (κ2) is 2.41. The number of nitrogens with two attached hydrogens (primary N) is 1. The molecule has 1 amide bonds. The smallest absolute Gasteiger partial charge is 0.248 e. The molecule has 0 aromatic heterocycles. The van der Waals surface area contributed by atoms with Crippen LogP contribution in [0, 0.1) is 0 Å². The fraction of sp³-hybridized carbons (Fsp3) is 0.125. The lowest BCUT2D eigenvalue weighted by Crippen LogP contribution is -2.10. The van der Waals surface area contributed by atoms with Crippen molar-refractivity contribution in [2.45, 2.75) is 0 Å². The number of benzene rings is 1. The lowest BCUT2D eigenvalue weighted by atomic mass is 10.2. The van der Waals surface area contributed by atoms with E-state index in [1.165, 1.54) is 0 Å². The SMILES string of the molecule is NC(=O)c1ccc2c(c1)NCO2. The van der Waals surface area contributed by atoms with Crippen LogP contribution in [0.15, 0.2) is 18.2 Å². The van der Waals surface area contributed by atoms with Crippen LogP contribution >= 0.6 is 0 Å². The van der Waals surface area contributed by atoms with Crippen LogP contribution in [-0.4, -0.2) is 12.6 Å². The molecule has 0 saturated carbocycles. The maximum Gasteiger partial charge on any atom is 0.248 e. The van der Waals surface area contributed by atoms with E-state index in [4.69, 9.17) is 10.5 Å². The molecule has 0 radical (unpaired) electrons. The Bertz CT molecular complexity index is 336. The van der Waals surface area contributed by atoms with Crippen molar-refractivity contribution in [3.8, 4) is 5.75 Å². The van der Waals surface area contributed by atoms with Crippen molar-refractivity contribution in [3.63, 3.8) is 0 Å². The summed E-state index contributed by atoms with van der Waals surface area (Å²) in [6, 6.07) is 5.06. The maximum atomic E-state index is 10.8. The Morgan fingerprint density at radius 3 is 3.17 bits per heavy atom. The van der Waals surface area contributed by atoms with Gasteiger partial charge in [-0.3, -0.25) is 4.79 Å². The van der Waals surface area contributed by atoms with Gasteiger partial charge in [-0.2, -0.15) is 0 Å². The van der Waals surface area contributed by atoms with Crippen molar-refractivity contribution >= 4 is 11.6 Å². The monoisotopic (exact) mass is 164 g/mol. The minimum absolute atomic E-state index is 0.425. The van der Waals surface area contributed by atoms with E-state index in [0.717, 1.165) is 11.4 Å². The van der Waals surface area contributed by atoms with Crippen molar-refractivity contribution in [3.05, 3.63) is 23.8 Å². The highest BCUT2D eigenvalue weighted by molar-refractivity contribution is 5.94. The molecule has 4 heteroatoms. The van der Waals surface area contributed by atoms with Gasteiger partial charge in [-0.05, 0) is 18.2 Å². The highest BCUT2D eigenvalue weighted by Crippen LogP contribution is 2.29. The third kappa shape index (κ3) is 0.972. The first-order chi connectivity index (χ1) is 5.77. The largest absolute Gasteiger partial charge is 0.471 e. The van der Waals surface area contributed by atoms with Crippen LogP contribution in [0.4, 0.5) is 5.69 Å². The number of primary amides is 1. The van der Waals surface area contributed by atoms with Crippen molar-refractivity contribution in [1.29, 1.82) is 0 Å². The normalized spacial score (nSPS) is 13.0. The summed E-state index contributed by atoms with van der Waals surface area (Å²) in [4.78, 5) is 10.8. The molecule has 0 aliphatic carbocycles. The van der Waals surface area contributed by atoms with Gasteiger partial charge in [0, 0.05) is 5.56 Å². The van der Waals surface area contributed by atoms with Crippen LogP contribution in [0.5, 0.6) is 5.75 Å². The number of fused-ring (bicyclic) bond motifs is 1. The number of hydrogen-bond donors (Lipinski definition) is 2. The van der Waals surface area contributed by atoms with Crippen LogP contribution in [-0.2, 0) is 0 Å². The molecule has 1 aliphatic heterocycles. The van der Waals surface area contributed by atoms with E-state index >= 15 is 0 Å². The Morgan fingerprint density at radius 1 is 1.58 bits per heavy atom. The fourth-order valence-corrected chi connectivity index (χ4v) is 1.14. The van der Waals surface area contributed by atoms with E-state index in [2.05, 4.69) is 5.32 Å². The molecule has 12 heavy (non-hydrogen) atoms. The van der Waals surface area contributed by atoms with Crippen molar-refractivity contribution in [1.82, 2.24) is 0 Å². The minimum Gasteiger partial charge on any atom is -0.471 e. The van der Waals surface area contributed by atoms with Gasteiger partial charge in [-0.15, -0.1) is 0 Å². The third-order valence-corrected chi connectivity index (χ3v) is 1.75. The number of carbonyl (C=O) groups excluding carboxylic acids is 1. The molecule has 0 bridgehead atoms. The van der Waals surface area contributed by atoms with Gasteiger partial charge >= 0.3 is 0 Å². The third-order valence-electron chi connectivity index (χ3n) is 1.75. The molecule has 62 valence electrons. The summed E-state index contributed by atoms with van der Waals surface area (Å²) in [7, 11) is 0. The van der Waals surface area contributed by atoms with Gasteiger partial charge in [0.2, 0.25) is 5.91 Å². The topological polar surface area (TPSA) is 64.4 Å². The standard InChI is InChI=1S/C8H8N2O2/c9-8(11)5-1-2-7-6(3-5)10-4-12-7/h1-3,10H,4H2,(H2,9,11). The molecule has 0 spiro atoms. The van der Waals surface area contributed by atoms with Gasteiger partial charge in [0.15, 0.2) is 6.73 Å². The molecule has 3 N–H and O–H groups in total. The molecule has 2 rings (SSSR count). The first kappa shape index (κ1) is 6.97. The van der Waals surface area contributed by atoms with E-state index in [1.54, 1.807) is 18.2 Å². The molecule has 1 aromatic carbocycles. The van der Waals surface area contributed by atoms with E-state index in [1.807, 2.05) is 0 Å². The van der Waals surface area contributed by atoms with E-state index < -0.39 is 5.91 Å². The lowest BCUT2D eigenvalue weighted by molar-refractivity contribution is 0.100. The number of nitrogens with one attached hydrogen (secondary N) is 1. The Balaban J connectivity index is 2.45. The average Bonchev–Trinajstić information content (AvgIpc) is 2.49. The van der Waals surface area contributed by atoms with Gasteiger partial charge in [-0.1, -0.05) is 0 Å². The predicted molar refractivity (Wildman–Crippen MR) is 44.1 cm³/mol. The summed E-state index contributed by atoms with van der Waals surface area (Å²) in [6.07, 6.45) is 0. The molecular weight excluding hydrogens is 156 g/mol. The number of ether oxygens (including phenoxy) is 1. The summed E-state index contributed by atoms with van der Waals surface area (Å²) in [5.74, 6) is 0.339. The molecule has 0 fully saturated rings. The second-order valence-corrected chi connectivity index (χ2v) is 2.54. The molecule has 1 aromatic rings. The van der Waals surface area contributed by atoms with Crippen LogP contribution in [0.2, 0.25) is 0 Å². The van der Waals surface area contributed by atoms with Gasteiger partial charge in [0.1, 0.15) is 5.75 Å².